The highest BCUT2D eigenvalue weighted by Crippen LogP contribution is 2.24. The van der Waals surface area contributed by atoms with Gasteiger partial charge in [0.05, 0.1) is 0 Å². The second-order valence-electron chi connectivity index (χ2n) is 2.63. The van der Waals surface area contributed by atoms with Crippen molar-refractivity contribution in [2.45, 2.75) is 20.8 Å². The van der Waals surface area contributed by atoms with Gasteiger partial charge in [0.1, 0.15) is 0 Å². The summed E-state index contributed by atoms with van der Waals surface area (Å²) in [6.07, 6.45) is 4.36. The molecule has 1 aliphatic rings. The Morgan fingerprint density at radius 1 is 1.25 bits per heavy atom. The summed E-state index contributed by atoms with van der Waals surface area (Å²) in [5, 5.41) is 0. The molecule has 0 unspecified atom stereocenters. The predicted molar refractivity (Wildman–Crippen MR) is 36.7 cm³/mol. The van der Waals surface area contributed by atoms with E-state index in [-0.39, 0.29) is 0 Å². The van der Waals surface area contributed by atoms with Gasteiger partial charge in [0.25, 0.3) is 0 Å². The van der Waals surface area contributed by atoms with Crippen LogP contribution in [0.25, 0.3) is 0 Å². The topological polar surface area (TPSA) is 0 Å². The Morgan fingerprint density at radius 3 is 1.88 bits per heavy atom. The molecule has 0 spiro atoms. The molecule has 0 aromatic heterocycles. The standard InChI is InChI=1S/C8H12/c1-6(2)8-5-4-7(8)3/h4-6H,1-3H3. The van der Waals surface area contributed by atoms with Crippen molar-refractivity contribution in [3.8, 4) is 0 Å². The molecule has 0 saturated heterocycles. The highest BCUT2D eigenvalue weighted by atomic mass is 14.1. The molecule has 0 heteroatoms. The Labute approximate surface area is 50.9 Å². The van der Waals surface area contributed by atoms with Crippen molar-refractivity contribution in [2.75, 3.05) is 0 Å². The molecule has 0 radical (unpaired) electrons. The molecule has 0 atom stereocenters. The Kier molecular flexibility index (Phi) is 1.24. The summed E-state index contributed by atoms with van der Waals surface area (Å²) in [7, 11) is 0. The second-order valence-corrected chi connectivity index (χ2v) is 2.63. The van der Waals surface area contributed by atoms with Gasteiger partial charge in [-0.05, 0) is 24.0 Å². The van der Waals surface area contributed by atoms with Crippen LogP contribution in [0.1, 0.15) is 20.8 Å². The van der Waals surface area contributed by atoms with E-state index in [9.17, 15) is 0 Å². The first kappa shape index (κ1) is 5.61. The Morgan fingerprint density at radius 2 is 1.88 bits per heavy atom. The molecule has 0 heterocycles. The van der Waals surface area contributed by atoms with Crippen LogP contribution in [0.4, 0.5) is 0 Å². The third-order valence-corrected chi connectivity index (χ3v) is 1.59. The molecule has 0 N–H and O–H groups in total. The van der Waals surface area contributed by atoms with Crippen LogP contribution in [0.5, 0.6) is 0 Å². The minimum atomic E-state index is 0.722. The monoisotopic (exact) mass is 108 g/mol. The van der Waals surface area contributed by atoms with Crippen molar-refractivity contribution in [2.24, 2.45) is 5.92 Å². The van der Waals surface area contributed by atoms with Crippen LogP contribution in [-0.2, 0) is 0 Å². The van der Waals surface area contributed by atoms with Gasteiger partial charge < -0.3 is 0 Å². The molecule has 0 fully saturated rings. The van der Waals surface area contributed by atoms with Gasteiger partial charge in [-0.1, -0.05) is 26.0 Å². The zero-order chi connectivity index (χ0) is 6.15. The van der Waals surface area contributed by atoms with Crippen LogP contribution in [-0.4, -0.2) is 0 Å². The Bertz CT molecular complexity index is 147. The summed E-state index contributed by atoms with van der Waals surface area (Å²) in [5.74, 6) is 0.722. The lowest BCUT2D eigenvalue weighted by molar-refractivity contribution is 0.774. The normalized spacial score (nSPS) is 17.5. The molecule has 0 aromatic carbocycles. The van der Waals surface area contributed by atoms with Crippen LogP contribution in [0.2, 0.25) is 0 Å². The van der Waals surface area contributed by atoms with E-state index in [2.05, 4.69) is 32.9 Å². The van der Waals surface area contributed by atoms with E-state index in [1.165, 1.54) is 11.1 Å². The van der Waals surface area contributed by atoms with E-state index in [0.29, 0.717) is 0 Å². The van der Waals surface area contributed by atoms with Crippen molar-refractivity contribution in [1.29, 1.82) is 0 Å². The summed E-state index contributed by atoms with van der Waals surface area (Å²) < 4.78 is 0. The molecule has 0 nitrogen and oxygen atoms in total. The van der Waals surface area contributed by atoms with Gasteiger partial charge in [-0.15, -0.1) is 0 Å². The van der Waals surface area contributed by atoms with Gasteiger partial charge in [0.2, 0.25) is 0 Å². The third kappa shape index (κ3) is 0.706. The largest absolute Gasteiger partial charge is 0.0587 e. The van der Waals surface area contributed by atoms with Gasteiger partial charge in [-0.3, -0.25) is 0 Å². The molecule has 8 heavy (non-hydrogen) atoms. The lowest BCUT2D eigenvalue weighted by Crippen LogP contribution is -1.99. The number of hydrogen-bond donors (Lipinski definition) is 0. The molecule has 1 aliphatic carbocycles. The van der Waals surface area contributed by atoms with E-state index in [4.69, 9.17) is 0 Å². The average molecular weight is 108 g/mol. The molecule has 1 rings (SSSR count). The maximum Gasteiger partial charge on any atom is -0.0216 e. The van der Waals surface area contributed by atoms with Crippen LogP contribution in [0.15, 0.2) is 23.3 Å². The highest BCUT2D eigenvalue weighted by Gasteiger charge is 2.07. The Hall–Kier alpha value is -0.520. The maximum absolute atomic E-state index is 2.22. The summed E-state index contributed by atoms with van der Waals surface area (Å²) in [6, 6.07) is 0. The summed E-state index contributed by atoms with van der Waals surface area (Å²) in [4.78, 5) is 0. The van der Waals surface area contributed by atoms with Gasteiger partial charge in [-0.25, -0.2) is 0 Å². The number of hydrogen-bond acceptors (Lipinski definition) is 0. The minimum Gasteiger partial charge on any atom is -0.0587 e. The van der Waals surface area contributed by atoms with E-state index in [1.807, 2.05) is 0 Å². The minimum absolute atomic E-state index is 0.722. The molecule has 0 saturated carbocycles. The first-order chi connectivity index (χ1) is 3.72. The quantitative estimate of drug-likeness (QED) is 0.484. The van der Waals surface area contributed by atoms with Crippen LogP contribution in [0, 0.1) is 5.92 Å². The van der Waals surface area contributed by atoms with Gasteiger partial charge in [0.15, 0.2) is 0 Å². The highest BCUT2D eigenvalue weighted by molar-refractivity contribution is 5.44. The van der Waals surface area contributed by atoms with E-state index >= 15 is 0 Å². The SMILES string of the molecule is CC1=C(C(C)C)C=C1. The molecule has 44 valence electrons. The van der Waals surface area contributed by atoms with Gasteiger partial charge >= 0.3 is 0 Å². The fraction of sp³-hybridized carbons (Fsp3) is 0.500. The summed E-state index contributed by atoms with van der Waals surface area (Å²) in [5.41, 5.74) is 2.98. The van der Waals surface area contributed by atoms with Gasteiger partial charge in [0, 0.05) is 0 Å². The van der Waals surface area contributed by atoms with E-state index in [0.717, 1.165) is 5.92 Å². The number of allylic oxidation sites excluding steroid dienone is 4. The molecule has 0 bridgehead atoms. The van der Waals surface area contributed by atoms with Crippen molar-refractivity contribution in [3.63, 3.8) is 0 Å². The van der Waals surface area contributed by atoms with Gasteiger partial charge in [-0.2, -0.15) is 0 Å². The third-order valence-electron chi connectivity index (χ3n) is 1.59. The second kappa shape index (κ2) is 1.77. The average Bonchev–Trinajstić information content (AvgIpc) is 1.61. The fourth-order valence-electron chi connectivity index (χ4n) is 0.994. The molecule has 0 aromatic rings. The molecule has 0 aliphatic heterocycles. The lowest BCUT2D eigenvalue weighted by Gasteiger charge is -2.15. The fourth-order valence-corrected chi connectivity index (χ4v) is 0.994. The van der Waals surface area contributed by atoms with Crippen LogP contribution >= 0.6 is 0 Å². The summed E-state index contributed by atoms with van der Waals surface area (Å²) in [6.45, 7) is 6.61. The summed E-state index contributed by atoms with van der Waals surface area (Å²) >= 11 is 0. The molecule has 0 amide bonds. The zero-order valence-electron chi connectivity index (χ0n) is 5.73. The smallest absolute Gasteiger partial charge is 0.0216 e. The van der Waals surface area contributed by atoms with Crippen LogP contribution in [0.3, 0.4) is 0 Å². The lowest BCUT2D eigenvalue weighted by atomic mass is 9.90. The molecular weight excluding hydrogens is 96.1 g/mol. The Balaban J connectivity index is 2.61. The number of rotatable bonds is 1. The first-order valence-electron chi connectivity index (χ1n) is 3.10. The predicted octanol–water partition coefficient (Wildman–Crippen LogP) is 2.53. The van der Waals surface area contributed by atoms with Crippen molar-refractivity contribution in [1.82, 2.24) is 0 Å². The van der Waals surface area contributed by atoms with Crippen molar-refractivity contribution >= 4 is 0 Å². The van der Waals surface area contributed by atoms with E-state index in [1.54, 1.807) is 0 Å². The van der Waals surface area contributed by atoms with E-state index < -0.39 is 0 Å². The van der Waals surface area contributed by atoms with Crippen molar-refractivity contribution < 1.29 is 0 Å². The maximum atomic E-state index is 2.22. The van der Waals surface area contributed by atoms with Crippen molar-refractivity contribution in [3.05, 3.63) is 23.3 Å². The molecular formula is C8H12. The zero-order valence-corrected chi connectivity index (χ0v) is 5.73. The van der Waals surface area contributed by atoms with Crippen LogP contribution < -0.4 is 0 Å². The first-order valence-corrected chi connectivity index (χ1v) is 3.10.